The first kappa shape index (κ1) is 34.9. The highest BCUT2D eigenvalue weighted by atomic mass is 31.2. The number of unbranched alkanes of at least 4 members (excludes halogenated alkanes) is 17. The quantitative estimate of drug-likeness (QED) is 0.0538. The van der Waals surface area contributed by atoms with E-state index in [0.717, 1.165) is 12.8 Å². The van der Waals surface area contributed by atoms with Crippen molar-refractivity contribution in [2.45, 2.75) is 154 Å². The maximum atomic E-state index is 12.7. The second-order valence-electron chi connectivity index (χ2n) is 11.5. The number of nitrogens with zero attached hydrogens (tertiary/aromatic N) is 1. The van der Waals surface area contributed by atoms with E-state index in [1.165, 1.54) is 109 Å². The molecule has 0 aromatic carbocycles. The van der Waals surface area contributed by atoms with Crippen molar-refractivity contribution in [1.29, 1.82) is 0 Å². The van der Waals surface area contributed by atoms with Crippen LogP contribution < -0.4 is 0 Å². The third kappa shape index (κ3) is 21.6. The van der Waals surface area contributed by atoms with E-state index < -0.39 is 7.60 Å². The predicted molar refractivity (Wildman–Crippen MR) is 155 cm³/mol. The van der Waals surface area contributed by atoms with Crippen molar-refractivity contribution in [3.63, 3.8) is 0 Å². The van der Waals surface area contributed by atoms with E-state index in [-0.39, 0.29) is 5.78 Å². The SMILES string of the molecule is CCCCCCCCCCCCCCCCCCCC=CCCOP(=O)(O)C(CCC)[N+](C)(C)C. The van der Waals surface area contributed by atoms with Crippen molar-refractivity contribution < 1.29 is 18.5 Å². The molecule has 0 spiro atoms. The molecule has 0 aromatic rings. The van der Waals surface area contributed by atoms with Crippen LogP contribution in [0, 0.1) is 0 Å². The first-order valence-electron chi connectivity index (χ1n) is 15.2. The molecule has 0 bridgehead atoms. The second kappa shape index (κ2) is 23.0. The summed E-state index contributed by atoms with van der Waals surface area (Å²) in [6.45, 7) is 4.66. The average Bonchev–Trinajstić information content (AvgIpc) is 2.80. The van der Waals surface area contributed by atoms with Gasteiger partial charge in [0.05, 0.1) is 27.7 Å². The largest absolute Gasteiger partial charge is 0.385 e. The van der Waals surface area contributed by atoms with Crippen LogP contribution in [-0.4, -0.2) is 42.9 Å². The summed E-state index contributed by atoms with van der Waals surface area (Å²) in [5.74, 6) is -0.355. The van der Waals surface area contributed by atoms with Crippen LogP contribution in [0.5, 0.6) is 0 Å². The molecule has 35 heavy (non-hydrogen) atoms. The fourth-order valence-corrected chi connectivity index (χ4v) is 6.81. The minimum absolute atomic E-state index is 0.323. The molecule has 5 heteroatoms. The summed E-state index contributed by atoms with van der Waals surface area (Å²) in [7, 11) is 2.29. The van der Waals surface area contributed by atoms with Crippen molar-refractivity contribution in [1.82, 2.24) is 0 Å². The van der Waals surface area contributed by atoms with E-state index in [2.05, 4.69) is 19.1 Å². The number of allylic oxidation sites excluding steroid dienone is 1. The molecular weight excluding hydrogens is 453 g/mol. The molecule has 0 fully saturated rings. The molecule has 0 aliphatic carbocycles. The van der Waals surface area contributed by atoms with Gasteiger partial charge < -0.3 is 13.9 Å². The fraction of sp³-hybridized carbons (Fsp3) is 0.933. The summed E-state index contributed by atoms with van der Waals surface area (Å²) in [5, 5.41) is 0. The second-order valence-corrected chi connectivity index (χ2v) is 13.5. The predicted octanol–water partition coefficient (Wildman–Crippen LogP) is 10.0. The molecule has 0 aliphatic heterocycles. The lowest BCUT2D eigenvalue weighted by atomic mass is 10.0. The molecule has 2 atom stereocenters. The molecule has 0 aliphatic rings. The van der Waals surface area contributed by atoms with E-state index in [9.17, 15) is 9.46 Å². The van der Waals surface area contributed by atoms with Crippen molar-refractivity contribution in [3.8, 4) is 0 Å². The van der Waals surface area contributed by atoms with Gasteiger partial charge in [-0.25, -0.2) is 0 Å². The Morgan fingerprint density at radius 2 is 1.06 bits per heavy atom. The van der Waals surface area contributed by atoms with Crippen molar-refractivity contribution in [2.24, 2.45) is 0 Å². The Morgan fingerprint density at radius 3 is 1.46 bits per heavy atom. The molecule has 0 amide bonds. The number of quaternary nitrogens is 1. The van der Waals surface area contributed by atoms with E-state index in [1.54, 1.807) is 0 Å². The third-order valence-corrected chi connectivity index (χ3v) is 9.28. The van der Waals surface area contributed by atoms with E-state index in [4.69, 9.17) is 4.52 Å². The monoisotopic (exact) mass is 516 g/mol. The van der Waals surface area contributed by atoms with Crippen LogP contribution in [0.25, 0.3) is 0 Å². The van der Waals surface area contributed by atoms with Crippen molar-refractivity contribution in [3.05, 3.63) is 12.2 Å². The Balaban J connectivity index is 3.49. The van der Waals surface area contributed by atoms with Gasteiger partial charge >= 0.3 is 7.60 Å². The van der Waals surface area contributed by atoms with E-state index in [0.29, 0.717) is 23.9 Å². The third-order valence-electron chi connectivity index (χ3n) is 7.02. The van der Waals surface area contributed by atoms with Gasteiger partial charge in [0.15, 0.2) is 5.78 Å². The van der Waals surface area contributed by atoms with Gasteiger partial charge in [-0.15, -0.1) is 0 Å². The van der Waals surface area contributed by atoms with Crippen molar-refractivity contribution >= 4 is 7.60 Å². The molecule has 0 rings (SSSR count). The fourth-order valence-electron chi connectivity index (χ4n) is 4.81. The summed E-state index contributed by atoms with van der Waals surface area (Å²) in [6, 6.07) is 0. The molecule has 0 saturated heterocycles. The molecule has 210 valence electrons. The van der Waals surface area contributed by atoms with Crippen LogP contribution in [0.2, 0.25) is 0 Å². The van der Waals surface area contributed by atoms with Gasteiger partial charge in [0.1, 0.15) is 0 Å². The van der Waals surface area contributed by atoms with Crippen LogP contribution in [0.3, 0.4) is 0 Å². The van der Waals surface area contributed by atoms with E-state index in [1.807, 2.05) is 28.1 Å². The minimum Gasteiger partial charge on any atom is -0.320 e. The number of hydrogen-bond acceptors (Lipinski definition) is 2. The summed E-state index contributed by atoms with van der Waals surface area (Å²) < 4.78 is 18.6. The normalized spacial score (nSPS) is 15.0. The molecule has 1 N–H and O–H groups in total. The van der Waals surface area contributed by atoms with Crippen LogP contribution in [0.1, 0.15) is 149 Å². The summed E-state index contributed by atoms with van der Waals surface area (Å²) >= 11 is 0. The topological polar surface area (TPSA) is 46.5 Å². The van der Waals surface area contributed by atoms with Crippen molar-refractivity contribution in [2.75, 3.05) is 27.7 Å². The maximum absolute atomic E-state index is 12.7. The van der Waals surface area contributed by atoms with Crippen LogP contribution in [0.4, 0.5) is 0 Å². The lowest BCUT2D eigenvalue weighted by Crippen LogP contribution is -2.45. The Labute approximate surface area is 220 Å². The lowest BCUT2D eigenvalue weighted by molar-refractivity contribution is -0.883. The van der Waals surface area contributed by atoms with Gasteiger partial charge in [0, 0.05) is 6.42 Å². The Bertz CT molecular complexity index is 530. The summed E-state index contributed by atoms with van der Waals surface area (Å²) in [5.41, 5.74) is 0. The minimum atomic E-state index is -3.60. The Morgan fingerprint density at radius 1 is 0.657 bits per heavy atom. The number of hydrogen-bond donors (Lipinski definition) is 1. The molecule has 2 unspecified atom stereocenters. The zero-order valence-electron chi connectivity index (χ0n) is 24.4. The van der Waals surface area contributed by atoms with Crippen LogP contribution >= 0.6 is 7.60 Å². The van der Waals surface area contributed by atoms with E-state index >= 15 is 0 Å². The molecule has 0 saturated carbocycles. The van der Waals surface area contributed by atoms with Gasteiger partial charge in [-0.05, 0) is 25.7 Å². The maximum Gasteiger partial charge on any atom is 0.385 e. The van der Waals surface area contributed by atoms with Gasteiger partial charge in [0.2, 0.25) is 0 Å². The molecule has 0 aromatic heterocycles. The first-order chi connectivity index (χ1) is 16.8. The molecule has 4 nitrogen and oxygen atoms in total. The number of rotatable bonds is 26. The smallest absolute Gasteiger partial charge is 0.320 e. The van der Waals surface area contributed by atoms with Crippen LogP contribution in [-0.2, 0) is 9.09 Å². The zero-order valence-corrected chi connectivity index (χ0v) is 25.3. The summed E-state index contributed by atoms with van der Waals surface area (Å²) in [6.07, 6.45) is 31.6. The first-order valence-corrected chi connectivity index (χ1v) is 16.8. The summed E-state index contributed by atoms with van der Waals surface area (Å²) in [4.78, 5) is 10.4. The average molecular weight is 517 g/mol. The van der Waals surface area contributed by atoms with Gasteiger partial charge in [-0.1, -0.05) is 129 Å². The molecule has 0 radical (unpaired) electrons. The highest BCUT2D eigenvalue weighted by Gasteiger charge is 2.41. The highest BCUT2D eigenvalue weighted by molar-refractivity contribution is 7.53. The standard InChI is InChI=1S/C30H62NO3P/c1-6-8-9-10-11-12-13-14-15-16-17-18-19-20-21-22-23-24-25-26-27-29-34-35(32,33)30(28-7-2)31(3,4)5/h25-26,30H,6-24,27-29H2,1-5H3/p+1. The van der Waals surface area contributed by atoms with Crippen LogP contribution in [0.15, 0.2) is 12.2 Å². The Hall–Kier alpha value is -0.150. The zero-order chi connectivity index (χ0) is 26.3. The molecule has 0 heterocycles. The van der Waals surface area contributed by atoms with Gasteiger partial charge in [-0.3, -0.25) is 4.57 Å². The lowest BCUT2D eigenvalue weighted by Gasteiger charge is -2.35. The molecular formula is C30H63NO3P+. The highest BCUT2D eigenvalue weighted by Crippen LogP contribution is 2.51. The Kier molecular flexibility index (Phi) is 22.9. The van der Waals surface area contributed by atoms with Gasteiger partial charge in [-0.2, -0.15) is 0 Å². The van der Waals surface area contributed by atoms with Gasteiger partial charge in [0.25, 0.3) is 0 Å².